The third kappa shape index (κ3) is 6.89. The summed E-state index contributed by atoms with van der Waals surface area (Å²) in [6.07, 6.45) is -1.25. The quantitative estimate of drug-likeness (QED) is 0.166. The van der Waals surface area contributed by atoms with Crippen molar-refractivity contribution in [3.8, 4) is 16.9 Å². The van der Waals surface area contributed by atoms with Crippen LogP contribution in [0.4, 0.5) is 29.2 Å². The summed E-state index contributed by atoms with van der Waals surface area (Å²) in [6, 6.07) is 17.9. The number of hydrazone groups is 1. The van der Waals surface area contributed by atoms with Crippen LogP contribution in [0.15, 0.2) is 88.9 Å². The van der Waals surface area contributed by atoms with Gasteiger partial charge in [-0.15, -0.1) is 10.6 Å². The first kappa shape index (κ1) is 32.0. The van der Waals surface area contributed by atoms with Gasteiger partial charge in [-0.05, 0) is 74.0 Å². The topological polar surface area (TPSA) is 121 Å². The number of nitrogens with one attached hydrogen (secondary N) is 4. The lowest BCUT2D eigenvalue weighted by Gasteiger charge is -2.23. The lowest BCUT2D eigenvalue weighted by atomic mass is 10.0. The van der Waals surface area contributed by atoms with Crippen molar-refractivity contribution in [3.05, 3.63) is 112 Å². The third-order valence-corrected chi connectivity index (χ3v) is 8.30. The lowest BCUT2D eigenvalue weighted by molar-refractivity contribution is -0.138. The van der Waals surface area contributed by atoms with Gasteiger partial charge in [-0.2, -0.15) is 18.2 Å². The molecule has 1 saturated heterocycles. The lowest BCUT2D eigenvalue weighted by Crippen LogP contribution is -2.36. The number of hydrogen-bond acceptors (Lipinski definition) is 10. The smallest absolute Gasteiger partial charge is 0.416 e. The van der Waals surface area contributed by atoms with Crippen LogP contribution in [-0.2, 0) is 12.7 Å². The predicted molar refractivity (Wildman–Crippen MR) is 177 cm³/mol. The maximum absolute atomic E-state index is 15.6. The molecule has 49 heavy (non-hydrogen) atoms. The molecule has 15 heteroatoms. The zero-order valence-electron chi connectivity index (χ0n) is 26.2. The summed E-state index contributed by atoms with van der Waals surface area (Å²) in [5, 5.41) is 12.3. The Morgan fingerprint density at radius 1 is 1.00 bits per heavy atom. The van der Waals surface area contributed by atoms with Gasteiger partial charge in [0.2, 0.25) is 5.95 Å². The highest BCUT2D eigenvalue weighted by Gasteiger charge is 2.33. The molecule has 5 aromatic rings. The molecule has 0 aliphatic carbocycles. The summed E-state index contributed by atoms with van der Waals surface area (Å²) in [5.41, 5.74) is 4.82. The standard InChI is InChI=1S/C34H31F4N9O2/c1-46-44-30(43-45-46)20-6-11-26(29(35)17-20)27-16-22-18-40-33(41-23-7-9-24(10-8-23)49-25-12-14-39-15-13-25)42-31(22)47(32(27)48)19-21-4-2-3-5-28(21)34(36,37)38/h2-11,16-18,25,39,45H,12-15,19H2,1H3,(H,43,44)(H,40,41,42). The Kier molecular flexibility index (Phi) is 8.60. The minimum absolute atomic E-state index is 0.0394. The van der Waals surface area contributed by atoms with E-state index in [2.05, 4.69) is 36.7 Å². The Hall–Kier alpha value is -5.54. The number of anilines is 2. The molecule has 4 heterocycles. The molecule has 0 atom stereocenters. The van der Waals surface area contributed by atoms with Gasteiger partial charge < -0.3 is 15.4 Å². The highest BCUT2D eigenvalue weighted by Crippen LogP contribution is 2.33. The molecule has 1 fully saturated rings. The average Bonchev–Trinajstić information content (AvgIpc) is 3.53. The number of benzene rings is 3. The number of hydrogen-bond donors (Lipinski definition) is 4. The second-order valence-corrected chi connectivity index (χ2v) is 11.7. The number of amidine groups is 1. The van der Waals surface area contributed by atoms with Crippen LogP contribution in [0, 0.1) is 5.82 Å². The number of fused-ring (bicyclic) bond motifs is 1. The number of nitrogens with zero attached hydrogens (tertiary/aromatic N) is 5. The van der Waals surface area contributed by atoms with Crippen molar-refractivity contribution in [2.45, 2.75) is 31.7 Å². The molecule has 2 aliphatic rings. The molecule has 7 rings (SSSR count). The molecule has 3 aromatic carbocycles. The Balaban J connectivity index is 1.27. The van der Waals surface area contributed by atoms with Crippen LogP contribution in [0.1, 0.15) is 29.5 Å². The first-order valence-corrected chi connectivity index (χ1v) is 15.6. The van der Waals surface area contributed by atoms with Crippen LogP contribution in [0.3, 0.4) is 0 Å². The van der Waals surface area contributed by atoms with Gasteiger partial charge in [0.25, 0.3) is 5.56 Å². The molecule has 0 amide bonds. The average molecular weight is 674 g/mol. The van der Waals surface area contributed by atoms with Gasteiger partial charge in [0.1, 0.15) is 23.3 Å². The molecule has 0 spiro atoms. The van der Waals surface area contributed by atoms with Crippen molar-refractivity contribution < 1.29 is 22.3 Å². The van der Waals surface area contributed by atoms with E-state index >= 15 is 4.39 Å². The normalized spacial score (nSPS) is 15.3. The number of pyridine rings is 1. The fourth-order valence-electron chi connectivity index (χ4n) is 5.86. The first-order valence-electron chi connectivity index (χ1n) is 15.6. The monoisotopic (exact) mass is 673 g/mol. The number of halogens is 4. The SMILES string of the molecule is CN1N=C(c2ccc(-c3cc4cnc(Nc5ccc(OC6CCNCC6)cc5)nc4n(Cc4ccccc4C(F)(F)F)c3=O)c(F)c2)NN1. The molecule has 0 saturated carbocycles. The number of ether oxygens (including phenoxy) is 1. The van der Waals surface area contributed by atoms with Gasteiger partial charge in [0, 0.05) is 35.4 Å². The highest BCUT2D eigenvalue weighted by atomic mass is 19.4. The van der Waals surface area contributed by atoms with E-state index in [0.29, 0.717) is 22.5 Å². The minimum Gasteiger partial charge on any atom is -0.490 e. The Morgan fingerprint density at radius 2 is 1.78 bits per heavy atom. The second-order valence-electron chi connectivity index (χ2n) is 11.7. The Morgan fingerprint density at radius 3 is 2.49 bits per heavy atom. The summed E-state index contributed by atoms with van der Waals surface area (Å²) in [5.74, 6) is 0.480. The molecular weight excluding hydrogens is 642 g/mol. The molecule has 0 bridgehead atoms. The van der Waals surface area contributed by atoms with Crippen molar-refractivity contribution >= 4 is 28.5 Å². The van der Waals surface area contributed by atoms with E-state index in [4.69, 9.17) is 4.74 Å². The molecular formula is C34H31F4N9O2. The molecule has 0 unspecified atom stereocenters. The maximum Gasteiger partial charge on any atom is 0.416 e. The predicted octanol–water partition coefficient (Wildman–Crippen LogP) is 5.16. The van der Waals surface area contributed by atoms with Crippen LogP contribution >= 0.6 is 0 Å². The van der Waals surface area contributed by atoms with Gasteiger partial charge in [0.15, 0.2) is 5.84 Å². The number of hydrazine groups is 2. The molecule has 4 N–H and O–H groups in total. The van der Waals surface area contributed by atoms with Crippen LogP contribution in [0.5, 0.6) is 5.75 Å². The summed E-state index contributed by atoms with van der Waals surface area (Å²) in [6.45, 7) is 1.34. The van der Waals surface area contributed by atoms with Crippen molar-refractivity contribution in [3.63, 3.8) is 0 Å². The van der Waals surface area contributed by atoms with Gasteiger partial charge in [-0.3, -0.25) is 14.8 Å². The summed E-state index contributed by atoms with van der Waals surface area (Å²) >= 11 is 0. The van der Waals surface area contributed by atoms with Gasteiger partial charge in [-0.25, -0.2) is 14.5 Å². The number of aromatic nitrogens is 3. The van der Waals surface area contributed by atoms with E-state index in [1.165, 1.54) is 47.7 Å². The fourth-order valence-corrected chi connectivity index (χ4v) is 5.86. The van der Waals surface area contributed by atoms with Crippen LogP contribution < -0.4 is 31.9 Å². The third-order valence-electron chi connectivity index (χ3n) is 8.30. The summed E-state index contributed by atoms with van der Waals surface area (Å²) in [7, 11) is 1.66. The van der Waals surface area contributed by atoms with Crippen molar-refractivity contribution in [1.82, 2.24) is 35.9 Å². The van der Waals surface area contributed by atoms with Gasteiger partial charge >= 0.3 is 6.18 Å². The van der Waals surface area contributed by atoms with Crippen LogP contribution in [0.25, 0.3) is 22.2 Å². The second kappa shape index (κ2) is 13.2. The van der Waals surface area contributed by atoms with Crippen LogP contribution in [0.2, 0.25) is 0 Å². The maximum atomic E-state index is 15.6. The molecule has 2 aliphatic heterocycles. The number of rotatable bonds is 8. The van der Waals surface area contributed by atoms with Gasteiger partial charge in [0.05, 0.1) is 17.7 Å². The van der Waals surface area contributed by atoms with E-state index < -0.39 is 29.7 Å². The van der Waals surface area contributed by atoms with E-state index in [1.807, 2.05) is 12.1 Å². The fraction of sp³-hybridized carbons (Fsp3) is 0.235. The van der Waals surface area contributed by atoms with Gasteiger partial charge in [-0.1, -0.05) is 30.3 Å². The minimum atomic E-state index is -4.67. The molecule has 252 valence electrons. The van der Waals surface area contributed by atoms with E-state index in [1.54, 1.807) is 25.2 Å². The number of alkyl halides is 3. The zero-order chi connectivity index (χ0) is 34.1. The van der Waals surface area contributed by atoms with Crippen molar-refractivity contribution in [1.29, 1.82) is 0 Å². The summed E-state index contributed by atoms with van der Waals surface area (Å²) < 4.78 is 64.9. The largest absolute Gasteiger partial charge is 0.490 e. The number of piperidine rings is 1. The van der Waals surface area contributed by atoms with Crippen molar-refractivity contribution in [2.24, 2.45) is 5.10 Å². The van der Waals surface area contributed by atoms with E-state index in [-0.39, 0.29) is 34.4 Å². The van der Waals surface area contributed by atoms with Crippen LogP contribution in [-0.4, -0.2) is 51.7 Å². The Labute approximate surface area is 277 Å². The molecule has 2 aromatic heterocycles. The molecule has 11 nitrogen and oxygen atoms in total. The first-order chi connectivity index (χ1) is 23.6. The molecule has 0 radical (unpaired) electrons. The van der Waals surface area contributed by atoms with E-state index in [9.17, 15) is 18.0 Å². The summed E-state index contributed by atoms with van der Waals surface area (Å²) in [4.78, 5) is 23.1. The Bertz CT molecular complexity index is 2100. The highest BCUT2D eigenvalue weighted by molar-refractivity contribution is 5.99. The zero-order valence-corrected chi connectivity index (χ0v) is 26.2. The van der Waals surface area contributed by atoms with Crippen molar-refractivity contribution in [2.75, 3.05) is 25.5 Å². The van der Waals surface area contributed by atoms with E-state index in [0.717, 1.165) is 42.3 Å².